The highest BCUT2D eigenvalue weighted by Crippen LogP contribution is 2.30. The molecule has 5 heteroatoms. The number of nitrogens with zero attached hydrogens (tertiary/aromatic N) is 1. The van der Waals surface area contributed by atoms with Crippen LogP contribution in [0, 0.1) is 0 Å². The standard InChI is InChI=1S/C8H14BF3N/c1-13(2)8-5-3-7(4-6-8)9(10,11)12/h3,8H,4-6H2,1-2H3/q-1. The van der Waals surface area contributed by atoms with E-state index in [4.69, 9.17) is 0 Å². The van der Waals surface area contributed by atoms with Gasteiger partial charge in [-0.15, -0.1) is 11.5 Å². The van der Waals surface area contributed by atoms with Gasteiger partial charge in [0, 0.05) is 6.04 Å². The Kier molecular flexibility index (Phi) is 3.06. The van der Waals surface area contributed by atoms with E-state index in [-0.39, 0.29) is 17.9 Å². The molecule has 0 saturated carbocycles. The molecule has 0 bridgehead atoms. The molecule has 0 aromatic carbocycles. The molecule has 13 heavy (non-hydrogen) atoms. The van der Waals surface area contributed by atoms with E-state index in [1.807, 2.05) is 19.0 Å². The molecule has 0 aromatic heterocycles. The summed E-state index contributed by atoms with van der Waals surface area (Å²) in [5.74, 6) is 0. The van der Waals surface area contributed by atoms with E-state index >= 15 is 0 Å². The zero-order chi connectivity index (χ0) is 10.1. The second-order valence-corrected chi connectivity index (χ2v) is 3.75. The van der Waals surface area contributed by atoms with Gasteiger partial charge in [0.05, 0.1) is 0 Å². The molecule has 76 valence electrons. The van der Waals surface area contributed by atoms with E-state index in [2.05, 4.69) is 0 Å². The van der Waals surface area contributed by atoms with Crippen LogP contribution in [0.3, 0.4) is 0 Å². The van der Waals surface area contributed by atoms with Crippen molar-refractivity contribution >= 4 is 6.98 Å². The Morgan fingerprint density at radius 1 is 1.38 bits per heavy atom. The maximum atomic E-state index is 12.3. The van der Waals surface area contributed by atoms with Crippen molar-refractivity contribution in [1.29, 1.82) is 0 Å². The first kappa shape index (κ1) is 10.6. The first-order valence-electron chi connectivity index (χ1n) is 4.46. The average Bonchev–Trinajstić information content (AvgIpc) is 2.03. The molecular weight excluding hydrogens is 178 g/mol. The number of hydrogen-bond donors (Lipinski definition) is 0. The van der Waals surface area contributed by atoms with E-state index < -0.39 is 6.98 Å². The first-order chi connectivity index (χ1) is 5.91. The highest BCUT2D eigenvalue weighted by atomic mass is 19.4. The van der Waals surface area contributed by atoms with Crippen LogP contribution in [0.5, 0.6) is 0 Å². The largest absolute Gasteiger partial charge is 0.505 e. The molecule has 0 heterocycles. The zero-order valence-electron chi connectivity index (χ0n) is 7.93. The molecule has 1 unspecified atom stereocenters. The normalized spacial score (nSPS) is 24.8. The summed E-state index contributed by atoms with van der Waals surface area (Å²) in [4.78, 5) is 1.98. The monoisotopic (exact) mass is 192 g/mol. The van der Waals surface area contributed by atoms with Gasteiger partial charge in [-0.05, 0) is 26.9 Å². The molecule has 1 aliphatic carbocycles. The lowest BCUT2D eigenvalue weighted by molar-refractivity contribution is 0.272. The fourth-order valence-corrected chi connectivity index (χ4v) is 1.61. The van der Waals surface area contributed by atoms with Crippen LogP contribution in [0.1, 0.15) is 19.3 Å². The number of rotatable bonds is 2. The van der Waals surface area contributed by atoms with Crippen LogP contribution in [0.25, 0.3) is 0 Å². The lowest BCUT2D eigenvalue weighted by Gasteiger charge is -2.31. The van der Waals surface area contributed by atoms with Crippen molar-refractivity contribution < 1.29 is 12.9 Å². The minimum atomic E-state index is -4.73. The maximum Gasteiger partial charge on any atom is 0.505 e. The molecule has 1 rings (SSSR count). The second-order valence-electron chi connectivity index (χ2n) is 3.75. The molecule has 0 aromatic rings. The minimum absolute atomic E-state index is 0.187. The van der Waals surface area contributed by atoms with Crippen molar-refractivity contribution in [3.63, 3.8) is 0 Å². The van der Waals surface area contributed by atoms with Crippen molar-refractivity contribution in [1.82, 2.24) is 4.90 Å². The SMILES string of the molecule is CN(C)C1CC=C([B-](F)(F)F)CC1. The Bertz CT molecular complexity index is 210. The maximum absolute atomic E-state index is 12.3. The van der Waals surface area contributed by atoms with E-state index in [1.54, 1.807) is 0 Å². The van der Waals surface area contributed by atoms with Gasteiger partial charge in [0.1, 0.15) is 0 Å². The summed E-state index contributed by atoms with van der Waals surface area (Å²) in [6, 6.07) is 0.280. The van der Waals surface area contributed by atoms with Gasteiger partial charge in [-0.1, -0.05) is 6.42 Å². The van der Waals surface area contributed by atoms with Gasteiger partial charge in [0.15, 0.2) is 0 Å². The van der Waals surface area contributed by atoms with Crippen molar-refractivity contribution in [3.8, 4) is 0 Å². The third-order valence-corrected chi connectivity index (χ3v) is 2.57. The molecule has 1 aliphatic rings. The quantitative estimate of drug-likeness (QED) is 0.607. The average molecular weight is 192 g/mol. The summed E-state index contributed by atoms with van der Waals surface area (Å²) in [5.41, 5.74) is -0.293. The van der Waals surface area contributed by atoms with Crippen LogP contribution in [0.2, 0.25) is 0 Å². The molecule has 0 fully saturated rings. The fraction of sp³-hybridized carbons (Fsp3) is 0.750. The van der Waals surface area contributed by atoms with Crippen molar-refractivity contribution in [2.24, 2.45) is 0 Å². The van der Waals surface area contributed by atoms with Gasteiger partial charge in [0.2, 0.25) is 0 Å². The molecule has 1 atom stereocenters. The molecule has 1 nitrogen and oxygen atoms in total. The Balaban J connectivity index is 2.58. The summed E-state index contributed by atoms with van der Waals surface area (Å²) in [7, 11) is 3.81. The Morgan fingerprint density at radius 3 is 2.31 bits per heavy atom. The van der Waals surface area contributed by atoms with Gasteiger partial charge < -0.3 is 17.8 Å². The second kappa shape index (κ2) is 3.74. The van der Waals surface area contributed by atoms with Gasteiger partial charge in [-0.2, -0.15) is 0 Å². The van der Waals surface area contributed by atoms with Gasteiger partial charge in [-0.25, -0.2) is 0 Å². The van der Waals surface area contributed by atoms with Crippen LogP contribution in [-0.2, 0) is 0 Å². The summed E-state index contributed by atoms with van der Waals surface area (Å²) in [5, 5.41) is 0. The molecule has 0 saturated heterocycles. The van der Waals surface area contributed by atoms with Crippen molar-refractivity contribution in [3.05, 3.63) is 11.5 Å². The minimum Gasteiger partial charge on any atom is -0.445 e. The highest BCUT2D eigenvalue weighted by Gasteiger charge is 2.30. The van der Waals surface area contributed by atoms with Crippen molar-refractivity contribution in [2.75, 3.05) is 14.1 Å². The van der Waals surface area contributed by atoms with E-state index in [0.29, 0.717) is 12.8 Å². The van der Waals surface area contributed by atoms with Crippen LogP contribution < -0.4 is 0 Å². The number of hydrogen-bond acceptors (Lipinski definition) is 1. The summed E-state index contributed by atoms with van der Waals surface area (Å²) >= 11 is 0. The predicted molar refractivity (Wildman–Crippen MR) is 48.5 cm³/mol. The van der Waals surface area contributed by atoms with Crippen LogP contribution in [0.15, 0.2) is 11.5 Å². The first-order valence-corrected chi connectivity index (χ1v) is 4.46. The third-order valence-electron chi connectivity index (χ3n) is 2.57. The van der Waals surface area contributed by atoms with Crippen LogP contribution in [0.4, 0.5) is 12.9 Å². The predicted octanol–water partition coefficient (Wildman–Crippen LogP) is 2.41. The number of halogens is 3. The van der Waals surface area contributed by atoms with Crippen LogP contribution >= 0.6 is 0 Å². The lowest BCUT2D eigenvalue weighted by Crippen LogP contribution is -2.32. The molecule has 0 radical (unpaired) electrons. The van der Waals surface area contributed by atoms with Crippen LogP contribution in [-0.4, -0.2) is 32.0 Å². The Labute approximate surface area is 76.7 Å². The van der Waals surface area contributed by atoms with E-state index in [1.165, 1.54) is 6.08 Å². The number of allylic oxidation sites excluding steroid dienone is 1. The molecule has 0 aliphatic heterocycles. The highest BCUT2D eigenvalue weighted by molar-refractivity contribution is 6.66. The van der Waals surface area contributed by atoms with Gasteiger partial charge in [0.25, 0.3) is 0 Å². The Morgan fingerprint density at radius 2 is 2.00 bits per heavy atom. The summed E-state index contributed by atoms with van der Waals surface area (Å²) < 4.78 is 36.8. The summed E-state index contributed by atoms with van der Waals surface area (Å²) in [6.07, 6.45) is 2.70. The lowest BCUT2D eigenvalue weighted by atomic mass is 9.72. The molecular formula is C8H14BF3N-. The Hall–Kier alpha value is -0.445. The third kappa shape index (κ3) is 2.76. The zero-order valence-corrected chi connectivity index (χ0v) is 7.93. The topological polar surface area (TPSA) is 3.24 Å². The summed E-state index contributed by atoms with van der Waals surface area (Å²) in [6.45, 7) is -4.73. The smallest absolute Gasteiger partial charge is 0.445 e. The van der Waals surface area contributed by atoms with E-state index in [0.717, 1.165) is 0 Å². The fourth-order valence-electron chi connectivity index (χ4n) is 1.61. The van der Waals surface area contributed by atoms with Gasteiger partial charge >= 0.3 is 6.98 Å². The molecule has 0 amide bonds. The molecule has 0 spiro atoms. The molecule has 0 N–H and O–H groups in total. The van der Waals surface area contributed by atoms with Gasteiger partial charge in [-0.3, -0.25) is 0 Å². The van der Waals surface area contributed by atoms with E-state index in [9.17, 15) is 12.9 Å². The van der Waals surface area contributed by atoms with Crippen molar-refractivity contribution in [2.45, 2.75) is 25.3 Å².